The normalized spacial score (nSPS) is 12.1. The van der Waals surface area contributed by atoms with E-state index in [2.05, 4.69) is 177 Å². The summed E-state index contributed by atoms with van der Waals surface area (Å²) in [6.45, 7) is 18.0. The van der Waals surface area contributed by atoms with Crippen LogP contribution in [-0.4, -0.2) is 0 Å². The van der Waals surface area contributed by atoms with Crippen molar-refractivity contribution in [2.75, 3.05) is 0 Å². The molecule has 44 heavy (non-hydrogen) atoms. The second-order valence-electron chi connectivity index (χ2n) is 14.5. The van der Waals surface area contributed by atoms with Crippen LogP contribution in [0.4, 0.5) is 0 Å². The van der Waals surface area contributed by atoms with Crippen molar-refractivity contribution in [3.05, 3.63) is 144 Å². The van der Waals surface area contributed by atoms with Crippen LogP contribution in [0.2, 0.25) is 0 Å². The minimum atomic E-state index is 0.106. The van der Waals surface area contributed by atoms with E-state index in [0.717, 1.165) is 0 Å². The van der Waals surface area contributed by atoms with Gasteiger partial charge in [-0.15, -0.1) is 0 Å². The first-order valence-corrected chi connectivity index (χ1v) is 15.9. The van der Waals surface area contributed by atoms with E-state index in [1.807, 2.05) is 0 Å². The maximum atomic E-state index is 2.35. The molecular formula is C44H44. The van der Waals surface area contributed by atoms with Gasteiger partial charge in [-0.3, -0.25) is 0 Å². The molecule has 0 nitrogen and oxygen atoms in total. The van der Waals surface area contributed by atoms with Crippen molar-refractivity contribution in [1.29, 1.82) is 0 Å². The summed E-state index contributed by atoms with van der Waals surface area (Å²) in [6.07, 6.45) is 0. The summed E-state index contributed by atoms with van der Waals surface area (Å²) >= 11 is 0. The first kappa shape index (κ1) is 29.6. The molecule has 0 bridgehead atoms. The predicted octanol–water partition coefficient (Wildman–Crippen LogP) is 12.7. The summed E-state index contributed by atoms with van der Waals surface area (Å²) in [5.41, 5.74) is 15.5. The van der Waals surface area contributed by atoms with E-state index in [-0.39, 0.29) is 10.8 Å². The Bertz CT molecular complexity index is 1810. The molecule has 0 aliphatic heterocycles. The Kier molecular flexibility index (Phi) is 7.58. The molecule has 0 heteroatoms. The zero-order chi connectivity index (χ0) is 31.2. The minimum absolute atomic E-state index is 0.106. The molecule has 0 atom stereocenters. The van der Waals surface area contributed by atoms with Crippen LogP contribution in [0.5, 0.6) is 0 Å². The average molecular weight is 573 g/mol. The zero-order valence-corrected chi connectivity index (χ0v) is 27.5. The van der Waals surface area contributed by atoms with E-state index in [1.165, 1.54) is 77.5 Å². The van der Waals surface area contributed by atoms with Gasteiger partial charge in [-0.25, -0.2) is 0 Å². The van der Waals surface area contributed by atoms with Crippen molar-refractivity contribution >= 4 is 10.8 Å². The smallest absolute Gasteiger partial charge is 0.00143 e. The molecule has 0 unspecified atom stereocenters. The summed E-state index contributed by atoms with van der Waals surface area (Å²) < 4.78 is 0. The van der Waals surface area contributed by atoms with Gasteiger partial charge in [0.25, 0.3) is 0 Å². The molecule has 0 aliphatic rings. The van der Waals surface area contributed by atoms with Gasteiger partial charge in [-0.05, 0) is 91.1 Å². The Hall–Kier alpha value is -4.42. The van der Waals surface area contributed by atoms with Crippen LogP contribution < -0.4 is 0 Å². The monoisotopic (exact) mass is 572 g/mol. The highest BCUT2D eigenvalue weighted by molar-refractivity contribution is 6.17. The average Bonchev–Trinajstić information content (AvgIpc) is 2.99. The maximum absolute atomic E-state index is 2.35. The van der Waals surface area contributed by atoms with E-state index in [4.69, 9.17) is 0 Å². The first-order chi connectivity index (χ1) is 20.9. The van der Waals surface area contributed by atoms with Crippen molar-refractivity contribution in [3.63, 3.8) is 0 Å². The van der Waals surface area contributed by atoms with Crippen LogP contribution in [-0.2, 0) is 10.8 Å². The predicted molar refractivity (Wildman–Crippen MR) is 193 cm³/mol. The van der Waals surface area contributed by atoms with Crippen LogP contribution in [0.3, 0.4) is 0 Å². The van der Waals surface area contributed by atoms with Gasteiger partial charge in [0.1, 0.15) is 0 Å². The van der Waals surface area contributed by atoms with Crippen molar-refractivity contribution in [3.8, 4) is 44.5 Å². The van der Waals surface area contributed by atoms with E-state index < -0.39 is 0 Å². The molecule has 0 amide bonds. The van der Waals surface area contributed by atoms with Crippen LogP contribution >= 0.6 is 0 Å². The summed E-state index contributed by atoms with van der Waals surface area (Å²) in [4.78, 5) is 0. The number of hydrogen-bond acceptors (Lipinski definition) is 0. The lowest BCUT2D eigenvalue weighted by molar-refractivity contribution is 0.590. The zero-order valence-electron chi connectivity index (χ0n) is 27.5. The molecule has 6 aromatic carbocycles. The fraction of sp³-hybridized carbons (Fsp3) is 0.227. The van der Waals surface area contributed by atoms with Crippen LogP contribution in [0.1, 0.15) is 63.8 Å². The van der Waals surface area contributed by atoms with Gasteiger partial charge in [-0.2, -0.15) is 0 Å². The second-order valence-corrected chi connectivity index (χ2v) is 14.5. The molecule has 220 valence electrons. The van der Waals surface area contributed by atoms with Gasteiger partial charge >= 0.3 is 0 Å². The Morgan fingerprint density at radius 2 is 0.659 bits per heavy atom. The number of benzene rings is 6. The van der Waals surface area contributed by atoms with E-state index in [0.29, 0.717) is 0 Å². The summed E-state index contributed by atoms with van der Waals surface area (Å²) in [6, 6.07) is 45.7. The Labute approximate surface area is 264 Å². The van der Waals surface area contributed by atoms with Crippen LogP contribution in [0.15, 0.2) is 121 Å². The topological polar surface area (TPSA) is 0 Å². The number of fused-ring (bicyclic) bond motifs is 1. The number of hydrogen-bond donors (Lipinski definition) is 0. The van der Waals surface area contributed by atoms with Crippen molar-refractivity contribution in [2.24, 2.45) is 0 Å². The van der Waals surface area contributed by atoms with Crippen molar-refractivity contribution in [1.82, 2.24) is 0 Å². The molecule has 0 saturated heterocycles. The van der Waals surface area contributed by atoms with Crippen molar-refractivity contribution in [2.45, 2.75) is 66.2 Å². The highest BCUT2D eigenvalue weighted by Crippen LogP contribution is 2.46. The van der Waals surface area contributed by atoms with E-state index in [9.17, 15) is 0 Å². The van der Waals surface area contributed by atoms with Crippen molar-refractivity contribution < 1.29 is 0 Å². The molecule has 6 aromatic rings. The maximum Gasteiger partial charge on any atom is -0.00143 e. The third-order valence-corrected chi connectivity index (χ3v) is 8.94. The molecule has 0 fully saturated rings. The Morgan fingerprint density at radius 1 is 0.341 bits per heavy atom. The lowest BCUT2D eigenvalue weighted by Crippen LogP contribution is -2.10. The molecule has 0 saturated carbocycles. The molecular weight excluding hydrogens is 528 g/mol. The standard InChI is InChI=1S/C44H44/c1-29-11-9-13-33(27-29)39-25-23-38(32-17-21-36(22-18-32)44(6,7)8)42-40(34-14-10-12-30(2)28-34)26-24-37(41(39)42)31-15-19-35(20-16-31)43(3,4)5/h9-28H,1-8H3. The van der Waals surface area contributed by atoms with E-state index >= 15 is 0 Å². The summed E-state index contributed by atoms with van der Waals surface area (Å²) in [7, 11) is 0. The van der Waals surface area contributed by atoms with Crippen LogP contribution in [0, 0.1) is 13.8 Å². The SMILES string of the molecule is Cc1cccc(-c2ccc(-c3ccc(C(C)(C)C)cc3)c3c(-c4cccc(C)c4)ccc(-c4ccc(C(C)(C)C)cc4)c23)c1. The van der Waals surface area contributed by atoms with Gasteiger partial charge in [0.2, 0.25) is 0 Å². The molecule has 0 heterocycles. The third-order valence-electron chi connectivity index (χ3n) is 8.94. The molecule has 0 aliphatic carbocycles. The summed E-state index contributed by atoms with van der Waals surface area (Å²) in [5, 5.41) is 2.60. The van der Waals surface area contributed by atoms with Gasteiger partial charge < -0.3 is 0 Å². The highest BCUT2D eigenvalue weighted by Gasteiger charge is 2.20. The third kappa shape index (κ3) is 5.74. The van der Waals surface area contributed by atoms with Crippen LogP contribution in [0.25, 0.3) is 55.3 Å². The van der Waals surface area contributed by atoms with Gasteiger partial charge in [0.05, 0.1) is 0 Å². The Balaban J connectivity index is 1.73. The Morgan fingerprint density at radius 3 is 0.955 bits per heavy atom. The summed E-state index contributed by atoms with van der Waals surface area (Å²) in [5.74, 6) is 0. The molecule has 0 aromatic heterocycles. The highest BCUT2D eigenvalue weighted by atomic mass is 14.2. The minimum Gasteiger partial charge on any atom is -0.0614 e. The van der Waals surface area contributed by atoms with Gasteiger partial charge in [-0.1, -0.05) is 174 Å². The number of aryl methyl sites for hydroxylation is 2. The quantitative estimate of drug-likeness (QED) is 0.197. The second kappa shape index (κ2) is 11.3. The lowest BCUT2D eigenvalue weighted by Gasteiger charge is -2.22. The van der Waals surface area contributed by atoms with Gasteiger partial charge in [0, 0.05) is 0 Å². The molecule has 0 radical (unpaired) electrons. The molecule has 0 spiro atoms. The largest absolute Gasteiger partial charge is 0.0614 e. The molecule has 0 N–H and O–H groups in total. The fourth-order valence-electron chi connectivity index (χ4n) is 6.38. The first-order valence-electron chi connectivity index (χ1n) is 15.9. The van der Waals surface area contributed by atoms with E-state index in [1.54, 1.807) is 0 Å². The number of rotatable bonds is 4. The lowest BCUT2D eigenvalue weighted by atomic mass is 9.81. The molecule has 6 rings (SSSR count). The van der Waals surface area contributed by atoms with Gasteiger partial charge in [0.15, 0.2) is 0 Å². The fourth-order valence-corrected chi connectivity index (χ4v) is 6.38.